The number of nitrogen functional groups attached to an aromatic ring is 1. The Hall–Kier alpha value is -1.02. The van der Waals surface area contributed by atoms with Crippen molar-refractivity contribution in [3.63, 3.8) is 0 Å². The first-order chi connectivity index (χ1) is 8.54. The van der Waals surface area contributed by atoms with Crippen molar-refractivity contribution < 1.29 is 8.42 Å². The van der Waals surface area contributed by atoms with E-state index in [0.717, 1.165) is 5.75 Å². The molecule has 0 saturated carbocycles. The molecule has 0 bridgehead atoms. The summed E-state index contributed by atoms with van der Waals surface area (Å²) in [6, 6.07) is 3.36. The van der Waals surface area contributed by atoms with E-state index >= 15 is 0 Å². The maximum absolute atomic E-state index is 12.1. The van der Waals surface area contributed by atoms with E-state index in [-0.39, 0.29) is 5.75 Å². The second-order valence-electron chi connectivity index (χ2n) is 3.99. The van der Waals surface area contributed by atoms with E-state index in [9.17, 15) is 8.42 Å². The highest BCUT2D eigenvalue weighted by Crippen LogP contribution is 2.25. The molecule has 0 spiro atoms. The van der Waals surface area contributed by atoms with Crippen LogP contribution in [0.25, 0.3) is 0 Å². The van der Waals surface area contributed by atoms with Crippen LogP contribution in [0.1, 0.15) is 6.92 Å². The van der Waals surface area contributed by atoms with Gasteiger partial charge in [-0.2, -0.15) is 11.8 Å². The minimum Gasteiger partial charge on any atom is -0.382 e. The van der Waals surface area contributed by atoms with Crippen LogP contribution in [0.3, 0.4) is 0 Å². The Bertz CT molecular complexity index is 503. The van der Waals surface area contributed by atoms with Crippen molar-refractivity contribution in [1.82, 2.24) is 10.2 Å². The lowest BCUT2D eigenvalue weighted by Gasteiger charge is -2.35. The van der Waals surface area contributed by atoms with Gasteiger partial charge >= 0.3 is 0 Å². The van der Waals surface area contributed by atoms with Crippen LogP contribution in [0.5, 0.6) is 0 Å². The van der Waals surface area contributed by atoms with Gasteiger partial charge in [-0.15, -0.1) is 10.2 Å². The Morgan fingerprint density at radius 3 is 2.89 bits per heavy atom. The van der Waals surface area contributed by atoms with Crippen LogP contribution >= 0.6 is 11.8 Å². The molecule has 2 N–H and O–H groups in total. The summed E-state index contributed by atoms with van der Waals surface area (Å²) in [4.78, 5) is 1.81. The first-order valence-electron chi connectivity index (χ1n) is 5.70. The Balaban J connectivity index is 2.31. The molecule has 0 aromatic carbocycles. The lowest BCUT2D eigenvalue weighted by Crippen LogP contribution is -2.48. The third-order valence-electron chi connectivity index (χ3n) is 2.87. The summed E-state index contributed by atoms with van der Waals surface area (Å²) in [5, 5.41) is 7.24. The molecule has 100 valence electrons. The maximum Gasteiger partial charge on any atom is 0.171 e. The number of aromatic nitrogens is 2. The molecule has 1 fully saturated rings. The van der Waals surface area contributed by atoms with E-state index in [1.807, 2.05) is 4.90 Å². The molecule has 18 heavy (non-hydrogen) atoms. The van der Waals surface area contributed by atoms with Crippen LogP contribution in [0.4, 0.5) is 11.6 Å². The Kier molecular flexibility index (Phi) is 3.96. The average Bonchev–Trinajstić information content (AvgIpc) is 2.40. The highest BCUT2D eigenvalue weighted by molar-refractivity contribution is 8.01. The number of sulfone groups is 1. The molecule has 1 aromatic heterocycles. The third-order valence-corrected chi connectivity index (χ3v) is 6.16. The van der Waals surface area contributed by atoms with Crippen molar-refractivity contribution in [3.05, 3.63) is 12.1 Å². The smallest absolute Gasteiger partial charge is 0.171 e. The summed E-state index contributed by atoms with van der Waals surface area (Å²) in [5.74, 6) is 2.51. The van der Waals surface area contributed by atoms with E-state index in [0.29, 0.717) is 23.9 Å². The van der Waals surface area contributed by atoms with Gasteiger partial charge in [0.25, 0.3) is 0 Å². The number of hydrogen-bond donors (Lipinski definition) is 1. The van der Waals surface area contributed by atoms with Gasteiger partial charge in [0.2, 0.25) is 0 Å². The van der Waals surface area contributed by atoms with Crippen molar-refractivity contribution in [2.45, 2.75) is 12.3 Å². The molecule has 8 heteroatoms. The molecule has 1 aromatic rings. The van der Waals surface area contributed by atoms with E-state index in [4.69, 9.17) is 5.73 Å². The first-order valence-corrected chi connectivity index (χ1v) is 8.57. The lowest BCUT2D eigenvalue weighted by molar-refractivity contribution is 0.578. The summed E-state index contributed by atoms with van der Waals surface area (Å²) in [7, 11) is -3.12. The van der Waals surface area contributed by atoms with Gasteiger partial charge < -0.3 is 10.6 Å². The lowest BCUT2D eigenvalue weighted by atomic mass is 10.4. The molecular weight excluding hydrogens is 272 g/mol. The normalized spacial score (nSPS) is 20.9. The number of nitrogens with two attached hydrogens (primary N) is 1. The molecule has 1 unspecified atom stereocenters. The number of nitrogens with zero attached hydrogens (tertiary/aromatic N) is 3. The maximum atomic E-state index is 12.1. The Morgan fingerprint density at radius 1 is 1.50 bits per heavy atom. The zero-order chi connectivity index (χ0) is 13.2. The van der Waals surface area contributed by atoms with Gasteiger partial charge in [-0.3, -0.25) is 0 Å². The topological polar surface area (TPSA) is 89.2 Å². The third kappa shape index (κ3) is 2.69. The molecular formula is C10H16N4O2S2. The van der Waals surface area contributed by atoms with Crippen molar-refractivity contribution in [1.29, 1.82) is 0 Å². The number of rotatable bonds is 3. The van der Waals surface area contributed by atoms with Crippen molar-refractivity contribution >= 4 is 33.2 Å². The van der Waals surface area contributed by atoms with Gasteiger partial charge in [-0.05, 0) is 12.1 Å². The van der Waals surface area contributed by atoms with Crippen LogP contribution in [-0.2, 0) is 9.84 Å². The van der Waals surface area contributed by atoms with Gasteiger partial charge in [0.1, 0.15) is 11.2 Å². The highest BCUT2D eigenvalue weighted by Gasteiger charge is 2.33. The fourth-order valence-corrected chi connectivity index (χ4v) is 4.80. The molecule has 0 amide bonds. The highest BCUT2D eigenvalue weighted by atomic mass is 32.2. The summed E-state index contributed by atoms with van der Waals surface area (Å²) in [6.45, 7) is 2.33. The molecule has 6 nitrogen and oxygen atoms in total. The predicted molar refractivity (Wildman–Crippen MR) is 74.4 cm³/mol. The van der Waals surface area contributed by atoms with Crippen LogP contribution in [0.2, 0.25) is 0 Å². The monoisotopic (exact) mass is 288 g/mol. The average molecular weight is 288 g/mol. The molecule has 1 saturated heterocycles. The number of thioether (sulfide) groups is 1. The minimum absolute atomic E-state index is 0.136. The predicted octanol–water partition coefficient (Wildman–Crippen LogP) is 0.373. The van der Waals surface area contributed by atoms with Crippen LogP contribution in [0.15, 0.2) is 12.1 Å². The van der Waals surface area contributed by atoms with E-state index in [1.54, 1.807) is 30.8 Å². The molecule has 0 aliphatic carbocycles. The summed E-state index contributed by atoms with van der Waals surface area (Å²) in [5.41, 5.74) is 5.49. The first kappa shape index (κ1) is 13.4. The largest absolute Gasteiger partial charge is 0.382 e. The van der Waals surface area contributed by atoms with E-state index < -0.39 is 15.2 Å². The summed E-state index contributed by atoms with van der Waals surface area (Å²) < 4.78 is 24.2. The van der Waals surface area contributed by atoms with Gasteiger partial charge in [-0.1, -0.05) is 6.92 Å². The van der Waals surface area contributed by atoms with Crippen molar-refractivity contribution in [2.24, 2.45) is 0 Å². The van der Waals surface area contributed by atoms with Gasteiger partial charge in [-0.25, -0.2) is 8.42 Å². The summed E-state index contributed by atoms with van der Waals surface area (Å²) in [6.07, 6.45) is 0. The summed E-state index contributed by atoms with van der Waals surface area (Å²) >= 11 is 1.65. The Labute approximate surface area is 111 Å². The fraction of sp³-hybridized carbons (Fsp3) is 0.600. The minimum atomic E-state index is -3.12. The zero-order valence-corrected chi connectivity index (χ0v) is 11.7. The molecule has 1 atom stereocenters. The van der Waals surface area contributed by atoms with Gasteiger partial charge in [0.05, 0.1) is 0 Å². The van der Waals surface area contributed by atoms with E-state index in [2.05, 4.69) is 10.2 Å². The molecule has 2 heterocycles. The number of hydrogen-bond acceptors (Lipinski definition) is 7. The standard InChI is InChI=1S/C10H16N4O2S2/c1-2-18(15,16)10-7-17-6-5-14(10)9-4-3-8(11)12-13-9/h3-4,10H,2,5-7H2,1H3,(H2,11,12). The molecule has 0 radical (unpaired) electrons. The van der Waals surface area contributed by atoms with Gasteiger partial charge in [0, 0.05) is 23.8 Å². The second kappa shape index (κ2) is 5.31. The van der Waals surface area contributed by atoms with Crippen molar-refractivity contribution in [3.8, 4) is 0 Å². The molecule has 1 aliphatic rings. The van der Waals surface area contributed by atoms with Crippen molar-refractivity contribution in [2.75, 3.05) is 34.4 Å². The zero-order valence-electron chi connectivity index (χ0n) is 10.1. The van der Waals surface area contributed by atoms with Crippen LogP contribution < -0.4 is 10.6 Å². The fourth-order valence-electron chi connectivity index (χ4n) is 1.82. The van der Waals surface area contributed by atoms with E-state index in [1.165, 1.54) is 0 Å². The molecule has 1 aliphatic heterocycles. The van der Waals surface area contributed by atoms with Crippen LogP contribution in [0, 0.1) is 0 Å². The van der Waals surface area contributed by atoms with Gasteiger partial charge in [0.15, 0.2) is 15.7 Å². The van der Waals surface area contributed by atoms with Crippen LogP contribution in [-0.4, -0.2) is 47.8 Å². The Morgan fingerprint density at radius 2 is 2.28 bits per heavy atom. The quantitative estimate of drug-likeness (QED) is 0.859. The number of anilines is 2. The second-order valence-corrected chi connectivity index (χ2v) is 7.59. The molecule has 2 rings (SSSR count). The SMILES string of the molecule is CCS(=O)(=O)C1CSCCN1c1ccc(N)nn1.